The fraction of sp³-hybridized carbons (Fsp3) is 0.200. The molecule has 0 bridgehead atoms. The van der Waals surface area contributed by atoms with E-state index in [1.807, 2.05) is 0 Å². The van der Waals surface area contributed by atoms with E-state index in [2.05, 4.69) is 5.10 Å². The Morgan fingerprint density at radius 1 is 1.69 bits per heavy atom. The van der Waals surface area contributed by atoms with Gasteiger partial charge in [0.05, 0.1) is 11.3 Å². The maximum absolute atomic E-state index is 10.9. The first kappa shape index (κ1) is 12.4. The Morgan fingerprint density at radius 3 is 2.56 bits per heavy atom. The van der Waals surface area contributed by atoms with E-state index in [-0.39, 0.29) is 0 Å². The Kier molecular flexibility index (Phi) is 3.14. The maximum atomic E-state index is 10.9. The first-order chi connectivity index (χ1) is 7.21. The summed E-state index contributed by atoms with van der Waals surface area (Å²) in [7, 11) is 0.658. The van der Waals surface area contributed by atoms with Gasteiger partial charge in [-0.25, -0.2) is 8.42 Å². The van der Waals surface area contributed by atoms with Crippen LogP contribution in [0.15, 0.2) is 11.1 Å². The van der Waals surface area contributed by atoms with E-state index in [0.717, 1.165) is 10.9 Å². The van der Waals surface area contributed by atoms with Gasteiger partial charge in [-0.05, 0) is 4.92 Å². The molecule has 0 aromatic carbocycles. The summed E-state index contributed by atoms with van der Waals surface area (Å²) < 4.78 is 22.6. The molecule has 0 saturated carbocycles. The van der Waals surface area contributed by atoms with Gasteiger partial charge >= 0.3 is 5.82 Å². The standard InChI is InChI=1S/C5H5ClN4O5S/c6-16(14,15)3-1-9(2-4(7)11)8-5(3)10(12)13/h1H,2H2,(H2,7,11). The van der Waals surface area contributed by atoms with Crippen LogP contribution in [0.2, 0.25) is 0 Å². The summed E-state index contributed by atoms with van der Waals surface area (Å²) in [4.78, 5) is 19.2. The van der Waals surface area contributed by atoms with Crippen LogP contribution >= 0.6 is 10.7 Å². The molecule has 2 N–H and O–H groups in total. The topological polar surface area (TPSA) is 138 Å². The van der Waals surface area contributed by atoms with Crippen molar-refractivity contribution in [2.45, 2.75) is 11.4 Å². The van der Waals surface area contributed by atoms with Crippen LogP contribution in [-0.4, -0.2) is 29.0 Å². The van der Waals surface area contributed by atoms with Crippen LogP contribution in [0.4, 0.5) is 5.82 Å². The van der Waals surface area contributed by atoms with Crippen LogP contribution < -0.4 is 5.73 Å². The number of nitrogens with zero attached hydrogens (tertiary/aromatic N) is 3. The summed E-state index contributed by atoms with van der Waals surface area (Å²) >= 11 is 0. The molecule has 1 aromatic rings. The molecule has 0 spiro atoms. The molecular weight excluding hydrogens is 264 g/mol. The van der Waals surface area contributed by atoms with Crippen molar-refractivity contribution in [2.24, 2.45) is 5.73 Å². The van der Waals surface area contributed by atoms with E-state index in [1.165, 1.54) is 0 Å². The average Bonchev–Trinajstić information content (AvgIpc) is 2.45. The molecule has 88 valence electrons. The summed E-state index contributed by atoms with van der Waals surface area (Å²) in [6, 6.07) is 0. The Labute approximate surface area is 93.4 Å². The lowest BCUT2D eigenvalue weighted by atomic mass is 10.6. The largest absolute Gasteiger partial charge is 0.410 e. The van der Waals surface area contributed by atoms with E-state index in [0.29, 0.717) is 0 Å². The lowest BCUT2D eigenvalue weighted by Gasteiger charge is -1.89. The molecule has 0 aliphatic heterocycles. The van der Waals surface area contributed by atoms with Crippen molar-refractivity contribution in [3.8, 4) is 0 Å². The molecule has 9 nitrogen and oxygen atoms in total. The lowest BCUT2D eigenvalue weighted by Crippen LogP contribution is -2.18. The van der Waals surface area contributed by atoms with Gasteiger partial charge in [-0.15, -0.1) is 0 Å². The molecule has 1 aromatic heterocycles. The van der Waals surface area contributed by atoms with Crippen molar-refractivity contribution in [1.82, 2.24) is 9.78 Å². The first-order valence-corrected chi connectivity index (χ1v) is 5.97. The zero-order valence-corrected chi connectivity index (χ0v) is 9.10. The summed E-state index contributed by atoms with van der Waals surface area (Å²) in [5.41, 5.74) is 4.82. The van der Waals surface area contributed by atoms with Gasteiger partial charge in [0.2, 0.25) is 10.8 Å². The quantitative estimate of drug-likeness (QED) is 0.431. The molecular formula is C5H5ClN4O5S. The normalized spacial score (nSPS) is 11.3. The van der Waals surface area contributed by atoms with Gasteiger partial charge in [-0.2, -0.15) is 4.68 Å². The zero-order valence-electron chi connectivity index (χ0n) is 7.53. The van der Waals surface area contributed by atoms with Gasteiger partial charge in [0.15, 0.2) is 0 Å². The molecule has 0 fully saturated rings. The molecule has 0 unspecified atom stereocenters. The van der Waals surface area contributed by atoms with E-state index < -0.39 is 37.1 Å². The van der Waals surface area contributed by atoms with Crippen LogP contribution in [0.5, 0.6) is 0 Å². The van der Waals surface area contributed by atoms with Crippen molar-refractivity contribution in [3.63, 3.8) is 0 Å². The highest BCUT2D eigenvalue weighted by molar-refractivity contribution is 8.13. The highest BCUT2D eigenvalue weighted by Crippen LogP contribution is 2.24. The minimum Gasteiger partial charge on any atom is -0.368 e. The second-order valence-corrected chi connectivity index (χ2v) is 5.21. The number of carbonyl (C=O) groups excluding carboxylic acids is 1. The number of aromatic nitrogens is 2. The number of nitrogens with two attached hydrogens (primary N) is 1. The number of amides is 1. The second kappa shape index (κ2) is 4.06. The summed E-state index contributed by atoms with van der Waals surface area (Å²) in [5, 5.41) is 13.7. The van der Waals surface area contributed by atoms with E-state index >= 15 is 0 Å². The predicted octanol–water partition coefficient (Wildman–Crippen LogP) is -0.796. The summed E-state index contributed by atoms with van der Waals surface area (Å²) in [6.45, 7) is -0.479. The molecule has 16 heavy (non-hydrogen) atoms. The number of rotatable bonds is 4. The molecule has 1 rings (SSSR count). The minimum absolute atomic E-state index is 0.479. The van der Waals surface area contributed by atoms with Gasteiger partial charge in [-0.1, -0.05) is 0 Å². The van der Waals surface area contributed by atoms with Crippen molar-refractivity contribution < 1.29 is 18.1 Å². The summed E-state index contributed by atoms with van der Waals surface area (Å²) in [6.07, 6.45) is 0.769. The van der Waals surface area contributed by atoms with E-state index in [4.69, 9.17) is 16.4 Å². The molecule has 1 heterocycles. The van der Waals surface area contributed by atoms with Crippen LogP contribution in [0.1, 0.15) is 0 Å². The van der Waals surface area contributed by atoms with Gasteiger partial charge < -0.3 is 15.8 Å². The van der Waals surface area contributed by atoms with Gasteiger partial charge in [0, 0.05) is 10.7 Å². The molecule has 0 atom stereocenters. The van der Waals surface area contributed by atoms with Crippen LogP contribution in [0.25, 0.3) is 0 Å². The van der Waals surface area contributed by atoms with Crippen LogP contribution in [0, 0.1) is 10.1 Å². The van der Waals surface area contributed by atoms with Crippen LogP contribution in [0.3, 0.4) is 0 Å². The van der Waals surface area contributed by atoms with E-state index in [1.54, 1.807) is 0 Å². The van der Waals surface area contributed by atoms with Gasteiger partial charge in [0.1, 0.15) is 6.54 Å². The Bertz CT molecular complexity index is 549. The second-order valence-electron chi connectivity index (χ2n) is 2.68. The van der Waals surface area contributed by atoms with Crippen LogP contribution in [-0.2, 0) is 20.4 Å². The third-order valence-electron chi connectivity index (χ3n) is 1.46. The molecule has 1 amide bonds. The third-order valence-corrected chi connectivity index (χ3v) is 2.78. The van der Waals surface area contributed by atoms with E-state index in [9.17, 15) is 23.3 Å². The summed E-state index contributed by atoms with van der Waals surface area (Å²) in [5.74, 6) is -1.77. The highest BCUT2D eigenvalue weighted by atomic mass is 35.7. The molecule has 11 heteroatoms. The minimum atomic E-state index is -4.30. The number of nitro groups is 1. The number of hydrogen-bond donors (Lipinski definition) is 1. The number of primary amides is 1. The zero-order chi connectivity index (χ0) is 12.5. The third kappa shape index (κ3) is 2.67. The highest BCUT2D eigenvalue weighted by Gasteiger charge is 2.30. The van der Waals surface area contributed by atoms with Crippen molar-refractivity contribution in [1.29, 1.82) is 0 Å². The lowest BCUT2D eigenvalue weighted by molar-refractivity contribution is -0.392. The molecule has 0 saturated heterocycles. The molecule has 0 aliphatic carbocycles. The predicted molar refractivity (Wildman–Crippen MR) is 51.1 cm³/mol. The molecule has 0 radical (unpaired) electrons. The first-order valence-electron chi connectivity index (χ1n) is 3.66. The number of hydrogen-bond acceptors (Lipinski definition) is 6. The SMILES string of the molecule is NC(=O)Cn1cc(S(=O)(=O)Cl)c([N+](=O)[O-])n1. The fourth-order valence-electron chi connectivity index (χ4n) is 0.932. The number of carbonyl (C=O) groups is 1. The van der Waals surface area contributed by atoms with Crippen molar-refractivity contribution >= 4 is 31.5 Å². The molecule has 0 aliphatic rings. The monoisotopic (exact) mass is 268 g/mol. The van der Waals surface area contributed by atoms with Crippen molar-refractivity contribution in [3.05, 3.63) is 16.3 Å². The Hall–Kier alpha value is -1.68. The van der Waals surface area contributed by atoms with Gasteiger partial charge in [-0.3, -0.25) is 4.79 Å². The number of halogens is 1. The Balaban J connectivity index is 3.32. The Morgan fingerprint density at radius 2 is 2.25 bits per heavy atom. The fourth-order valence-corrected chi connectivity index (χ4v) is 1.84. The van der Waals surface area contributed by atoms with Crippen molar-refractivity contribution in [2.75, 3.05) is 0 Å². The maximum Gasteiger partial charge on any atom is 0.410 e. The average molecular weight is 269 g/mol. The smallest absolute Gasteiger partial charge is 0.368 e. The van der Waals surface area contributed by atoms with Gasteiger partial charge in [0.25, 0.3) is 9.05 Å².